The van der Waals surface area contributed by atoms with Gasteiger partial charge in [0.1, 0.15) is 0 Å². The number of benzene rings is 1. The molecule has 0 aromatic heterocycles. The number of rotatable bonds is 7. The molecule has 4 aliphatic rings. The Morgan fingerprint density at radius 2 is 1.58 bits per heavy atom. The van der Waals surface area contributed by atoms with Gasteiger partial charge in [0.05, 0.1) is 6.04 Å². The molecule has 1 aromatic rings. The fourth-order valence-corrected chi connectivity index (χ4v) is 6.56. The van der Waals surface area contributed by atoms with Crippen molar-refractivity contribution in [3.8, 4) is 0 Å². The highest BCUT2D eigenvalue weighted by atomic mass is 16.2. The third-order valence-corrected chi connectivity index (χ3v) is 7.41. The summed E-state index contributed by atoms with van der Waals surface area (Å²) in [5.41, 5.74) is 1.27. The second-order valence-electron chi connectivity index (χ2n) is 9.06. The average molecular weight is 355 g/mol. The molecule has 0 radical (unpaired) electrons. The fraction of sp³-hybridized carbons (Fsp3) is 0.696. The lowest BCUT2D eigenvalue weighted by Gasteiger charge is -2.55. The highest BCUT2D eigenvalue weighted by molar-refractivity contribution is 5.83. The third-order valence-electron chi connectivity index (χ3n) is 7.41. The van der Waals surface area contributed by atoms with Gasteiger partial charge in [-0.25, -0.2) is 0 Å². The summed E-state index contributed by atoms with van der Waals surface area (Å²) in [7, 11) is 0. The van der Waals surface area contributed by atoms with Gasteiger partial charge in [0, 0.05) is 12.0 Å². The Morgan fingerprint density at radius 3 is 2.08 bits per heavy atom. The molecule has 0 saturated heterocycles. The van der Waals surface area contributed by atoms with E-state index in [1.54, 1.807) is 0 Å². The Bertz CT molecular complexity index is 587. The van der Waals surface area contributed by atoms with Crippen LogP contribution in [0.25, 0.3) is 0 Å². The molecule has 4 aliphatic carbocycles. The molecule has 1 amide bonds. The minimum Gasteiger partial charge on any atom is -0.354 e. The van der Waals surface area contributed by atoms with Gasteiger partial charge in [-0.15, -0.1) is 0 Å². The summed E-state index contributed by atoms with van der Waals surface area (Å²) >= 11 is 0. The first-order chi connectivity index (χ1) is 12.6. The number of likely N-dealkylation sites (N-methyl/N-ethyl adjacent to an activating group) is 1. The van der Waals surface area contributed by atoms with Crippen LogP contribution in [0.5, 0.6) is 0 Å². The number of carbonyl (C=O) groups excluding carboxylic acids is 1. The van der Waals surface area contributed by atoms with Crippen LogP contribution in [0.4, 0.5) is 0 Å². The molecule has 3 nitrogen and oxygen atoms in total. The summed E-state index contributed by atoms with van der Waals surface area (Å²) in [6.45, 7) is 7.15. The van der Waals surface area contributed by atoms with E-state index < -0.39 is 0 Å². The summed E-state index contributed by atoms with van der Waals surface area (Å²) in [5, 5.41) is 3.41. The Hall–Kier alpha value is -1.35. The number of nitrogens with one attached hydrogen (secondary N) is 1. The van der Waals surface area contributed by atoms with E-state index in [1.165, 1.54) is 24.8 Å². The fourth-order valence-electron chi connectivity index (χ4n) is 6.56. The smallest absolute Gasteiger partial charge is 0.226 e. The lowest BCUT2D eigenvalue weighted by molar-refractivity contribution is -0.146. The normalized spacial score (nSPS) is 33.4. The zero-order valence-electron chi connectivity index (χ0n) is 16.4. The minimum absolute atomic E-state index is 0.0424. The summed E-state index contributed by atoms with van der Waals surface area (Å²) in [4.78, 5) is 15.8. The topological polar surface area (TPSA) is 32.3 Å². The van der Waals surface area contributed by atoms with Crippen LogP contribution in [0.15, 0.2) is 30.3 Å². The van der Waals surface area contributed by atoms with Crippen molar-refractivity contribution in [2.24, 2.45) is 23.2 Å². The van der Waals surface area contributed by atoms with Gasteiger partial charge in [-0.3, -0.25) is 9.69 Å². The molecule has 1 atom stereocenters. The zero-order chi connectivity index (χ0) is 18.1. The third kappa shape index (κ3) is 3.31. The number of carbonyl (C=O) groups is 1. The van der Waals surface area contributed by atoms with Gasteiger partial charge in [0.15, 0.2) is 0 Å². The molecule has 3 heteroatoms. The number of nitrogens with zero attached hydrogens (tertiary/aromatic N) is 1. The van der Waals surface area contributed by atoms with E-state index >= 15 is 0 Å². The largest absolute Gasteiger partial charge is 0.354 e. The van der Waals surface area contributed by atoms with E-state index in [1.807, 2.05) is 0 Å². The molecule has 5 rings (SSSR count). The van der Waals surface area contributed by atoms with E-state index in [0.29, 0.717) is 5.91 Å². The van der Waals surface area contributed by atoms with Crippen LogP contribution in [0.2, 0.25) is 0 Å². The van der Waals surface area contributed by atoms with Gasteiger partial charge < -0.3 is 5.32 Å². The quantitative estimate of drug-likeness (QED) is 0.787. The van der Waals surface area contributed by atoms with Crippen molar-refractivity contribution >= 4 is 5.91 Å². The average Bonchev–Trinajstić information content (AvgIpc) is 2.64. The zero-order valence-corrected chi connectivity index (χ0v) is 16.4. The van der Waals surface area contributed by atoms with Crippen molar-refractivity contribution in [1.82, 2.24) is 10.2 Å². The predicted molar refractivity (Wildman–Crippen MR) is 106 cm³/mol. The van der Waals surface area contributed by atoms with Gasteiger partial charge in [-0.1, -0.05) is 44.2 Å². The van der Waals surface area contributed by atoms with Crippen LogP contribution in [0, 0.1) is 23.2 Å². The SMILES string of the molecule is CCN(CC)C(CNC(=O)C12CC3CC(CC(C3)C1)C2)c1ccccc1. The summed E-state index contributed by atoms with van der Waals surface area (Å²) in [5.74, 6) is 2.81. The van der Waals surface area contributed by atoms with Gasteiger partial charge in [0.25, 0.3) is 0 Å². The van der Waals surface area contributed by atoms with Gasteiger partial charge in [-0.2, -0.15) is 0 Å². The molecule has 1 N–H and O–H groups in total. The molecule has 1 unspecified atom stereocenters. The first-order valence-corrected chi connectivity index (χ1v) is 10.7. The van der Waals surface area contributed by atoms with Crippen LogP contribution in [-0.4, -0.2) is 30.4 Å². The van der Waals surface area contributed by atoms with E-state index in [2.05, 4.69) is 54.4 Å². The van der Waals surface area contributed by atoms with E-state index in [9.17, 15) is 4.79 Å². The maximum Gasteiger partial charge on any atom is 0.226 e. The first kappa shape index (κ1) is 18.0. The van der Waals surface area contributed by atoms with Gasteiger partial charge in [0.2, 0.25) is 5.91 Å². The van der Waals surface area contributed by atoms with Crippen molar-refractivity contribution in [3.63, 3.8) is 0 Å². The summed E-state index contributed by atoms with van der Waals surface area (Å²) in [6.07, 6.45) is 7.60. The lowest BCUT2D eigenvalue weighted by Crippen LogP contribution is -2.54. The molecule has 4 saturated carbocycles. The highest BCUT2D eigenvalue weighted by Crippen LogP contribution is 2.60. The van der Waals surface area contributed by atoms with Gasteiger partial charge in [-0.05, 0) is 74.9 Å². The van der Waals surface area contributed by atoms with Crippen LogP contribution < -0.4 is 5.32 Å². The van der Waals surface area contributed by atoms with Crippen LogP contribution in [0.3, 0.4) is 0 Å². The molecular formula is C23H34N2O. The van der Waals surface area contributed by atoms with E-state index in [4.69, 9.17) is 0 Å². The molecule has 1 aromatic carbocycles. The second-order valence-corrected chi connectivity index (χ2v) is 9.06. The number of hydrogen-bond acceptors (Lipinski definition) is 2. The molecule has 4 fully saturated rings. The Balaban J connectivity index is 1.46. The van der Waals surface area contributed by atoms with Crippen molar-refractivity contribution in [1.29, 1.82) is 0 Å². The van der Waals surface area contributed by atoms with Crippen LogP contribution >= 0.6 is 0 Å². The minimum atomic E-state index is -0.0424. The predicted octanol–water partition coefficient (Wildman–Crippen LogP) is 4.40. The summed E-state index contributed by atoms with van der Waals surface area (Å²) in [6, 6.07) is 10.9. The van der Waals surface area contributed by atoms with Crippen molar-refractivity contribution in [2.45, 2.75) is 58.4 Å². The molecule has 26 heavy (non-hydrogen) atoms. The van der Waals surface area contributed by atoms with Crippen molar-refractivity contribution in [3.05, 3.63) is 35.9 Å². The maximum atomic E-state index is 13.3. The summed E-state index contributed by atoms with van der Waals surface area (Å²) < 4.78 is 0. The monoisotopic (exact) mass is 354 g/mol. The van der Waals surface area contributed by atoms with Gasteiger partial charge >= 0.3 is 0 Å². The van der Waals surface area contributed by atoms with E-state index in [0.717, 1.165) is 56.7 Å². The van der Waals surface area contributed by atoms with E-state index in [-0.39, 0.29) is 11.5 Å². The Labute approximate surface area is 158 Å². The molecular weight excluding hydrogens is 320 g/mol. The molecule has 0 heterocycles. The van der Waals surface area contributed by atoms with Crippen molar-refractivity contribution in [2.75, 3.05) is 19.6 Å². The maximum absolute atomic E-state index is 13.3. The second kappa shape index (κ2) is 7.34. The molecule has 142 valence electrons. The standard InChI is InChI=1S/C23H34N2O/c1-3-25(4-2)21(20-8-6-5-7-9-20)16-24-22(26)23-13-17-10-18(14-23)12-19(11-17)15-23/h5-9,17-19,21H,3-4,10-16H2,1-2H3,(H,24,26). The highest BCUT2D eigenvalue weighted by Gasteiger charge is 2.54. The Morgan fingerprint density at radius 1 is 1.04 bits per heavy atom. The first-order valence-electron chi connectivity index (χ1n) is 10.7. The number of amides is 1. The molecule has 4 bridgehead atoms. The van der Waals surface area contributed by atoms with Crippen LogP contribution in [0.1, 0.15) is 64.0 Å². The van der Waals surface area contributed by atoms with Crippen molar-refractivity contribution < 1.29 is 4.79 Å². The van der Waals surface area contributed by atoms with Crippen LogP contribution in [-0.2, 0) is 4.79 Å². The molecule has 0 aliphatic heterocycles. The molecule has 0 spiro atoms. The number of hydrogen-bond donors (Lipinski definition) is 1. The lowest BCUT2D eigenvalue weighted by atomic mass is 9.49. The Kier molecular flexibility index (Phi) is 5.09.